The Hall–Kier alpha value is -1.46. The molecule has 0 amide bonds. The molecule has 1 aromatic carbocycles. The zero-order valence-electron chi connectivity index (χ0n) is 9.20. The number of hydrogen-bond donors (Lipinski definition) is 0. The summed E-state index contributed by atoms with van der Waals surface area (Å²) in [7, 11) is -1.12. The molecule has 0 aliphatic heterocycles. The summed E-state index contributed by atoms with van der Waals surface area (Å²) in [4.78, 5) is 4.63. The highest BCUT2D eigenvalue weighted by molar-refractivity contribution is 8.32. The molecule has 1 aromatic heterocycles. The van der Waals surface area contributed by atoms with Crippen molar-refractivity contribution in [3.8, 4) is 5.75 Å². The van der Waals surface area contributed by atoms with Crippen molar-refractivity contribution in [1.82, 2.24) is 4.98 Å². The molecule has 0 bridgehead atoms. The van der Waals surface area contributed by atoms with Crippen molar-refractivity contribution in [3.63, 3.8) is 0 Å². The molecule has 1 atom stereocenters. The van der Waals surface area contributed by atoms with Crippen LogP contribution in [-0.2, 0) is 19.7 Å². The number of rotatable bonds is 3. The second-order valence-electron chi connectivity index (χ2n) is 3.35. The third-order valence-electron chi connectivity index (χ3n) is 2.28. The minimum absolute atomic E-state index is 0.417. The van der Waals surface area contributed by atoms with E-state index in [1.54, 1.807) is 55.8 Å². The molecule has 0 spiro atoms. The van der Waals surface area contributed by atoms with Crippen molar-refractivity contribution in [2.45, 2.75) is 9.92 Å². The zero-order valence-corrected chi connectivity index (χ0v) is 10.8. The monoisotopic (exact) mass is 265 g/mol. The van der Waals surface area contributed by atoms with Gasteiger partial charge in [-0.1, -0.05) is 6.07 Å². The van der Waals surface area contributed by atoms with E-state index < -0.39 is 8.49 Å². The van der Waals surface area contributed by atoms with Crippen molar-refractivity contribution >= 4 is 19.7 Å². The zero-order chi connectivity index (χ0) is 12.3. The molecule has 0 saturated heterocycles. The van der Waals surface area contributed by atoms with E-state index in [1.165, 1.54) is 0 Å². The maximum absolute atomic E-state index is 12.5. The lowest BCUT2D eigenvalue weighted by Crippen LogP contribution is -2.02. The fraction of sp³-hybridized carbons (Fsp3) is 0.0833. The average Bonchev–Trinajstić information content (AvgIpc) is 2.40. The van der Waals surface area contributed by atoms with Gasteiger partial charge in [-0.15, -0.1) is 0 Å². The van der Waals surface area contributed by atoms with Crippen molar-refractivity contribution in [2.24, 2.45) is 0 Å². The van der Waals surface area contributed by atoms with E-state index in [1.807, 2.05) is 0 Å². The Bertz CT molecular complexity index is 592. The van der Waals surface area contributed by atoms with Gasteiger partial charge in [-0.2, -0.15) is 0 Å². The van der Waals surface area contributed by atoms with Crippen LogP contribution in [0, 0.1) is 0 Å². The van der Waals surface area contributed by atoms with Crippen LogP contribution in [0.1, 0.15) is 0 Å². The van der Waals surface area contributed by atoms with Gasteiger partial charge in [0, 0.05) is 11.1 Å². The first-order chi connectivity index (χ1) is 8.14. The highest BCUT2D eigenvalue weighted by Crippen LogP contribution is 2.21. The van der Waals surface area contributed by atoms with Crippen LogP contribution < -0.4 is 4.74 Å². The molecule has 5 heteroatoms. The Morgan fingerprint density at radius 1 is 1.18 bits per heavy atom. The summed E-state index contributed by atoms with van der Waals surface area (Å²) >= 11 is 5.18. The smallest absolute Gasteiger partial charge is 0.133 e. The lowest BCUT2D eigenvalue weighted by Gasteiger charge is -2.07. The first kappa shape index (κ1) is 12.0. The molecule has 2 aromatic rings. The van der Waals surface area contributed by atoms with Gasteiger partial charge in [0.2, 0.25) is 0 Å². The number of nitrogens with zero attached hydrogens (tertiary/aromatic N) is 1. The van der Waals surface area contributed by atoms with Crippen molar-refractivity contribution < 1.29 is 8.95 Å². The second kappa shape index (κ2) is 4.81. The quantitative estimate of drug-likeness (QED) is 0.853. The maximum Gasteiger partial charge on any atom is 0.133 e. The molecule has 17 heavy (non-hydrogen) atoms. The largest absolute Gasteiger partial charge is 0.497 e. The third-order valence-corrected chi connectivity index (χ3v) is 5.06. The Morgan fingerprint density at radius 2 is 1.88 bits per heavy atom. The molecule has 3 nitrogen and oxygen atoms in total. The van der Waals surface area contributed by atoms with Crippen LogP contribution >= 0.6 is 0 Å². The van der Waals surface area contributed by atoms with Crippen LogP contribution in [0.25, 0.3) is 0 Å². The maximum atomic E-state index is 12.5. The summed E-state index contributed by atoms with van der Waals surface area (Å²) < 4.78 is 17.5. The molecule has 1 unspecified atom stereocenters. The minimum atomic E-state index is -2.70. The summed E-state index contributed by atoms with van der Waals surface area (Å²) in [6.45, 7) is 0. The summed E-state index contributed by atoms with van der Waals surface area (Å²) in [5, 5.41) is 0.417. The highest BCUT2D eigenvalue weighted by Gasteiger charge is 2.14. The SMILES string of the molecule is COc1ccc(S(=O)(=S)c2ccccn2)cc1. The molecule has 1 heterocycles. The van der Waals surface area contributed by atoms with Gasteiger partial charge in [-0.3, -0.25) is 0 Å². The normalized spacial score (nSPS) is 13.9. The molecular weight excluding hydrogens is 254 g/mol. The van der Waals surface area contributed by atoms with Crippen LogP contribution in [0.2, 0.25) is 0 Å². The van der Waals surface area contributed by atoms with E-state index in [0.29, 0.717) is 15.7 Å². The summed E-state index contributed by atoms with van der Waals surface area (Å²) in [6.07, 6.45) is 1.59. The van der Waals surface area contributed by atoms with Gasteiger partial charge in [0.25, 0.3) is 0 Å². The summed E-state index contributed by atoms with van der Waals surface area (Å²) in [5.74, 6) is 0.708. The standard InChI is InChI=1S/C12H11NO2S2/c1-15-10-5-7-11(8-6-10)17(14,16)12-4-2-3-9-13-12/h2-9H,1H3. The number of benzene rings is 1. The topological polar surface area (TPSA) is 39.2 Å². The molecule has 2 rings (SSSR count). The fourth-order valence-electron chi connectivity index (χ4n) is 1.38. The predicted molar refractivity (Wildman–Crippen MR) is 69.3 cm³/mol. The minimum Gasteiger partial charge on any atom is -0.497 e. The molecule has 0 saturated carbocycles. The third kappa shape index (κ3) is 2.45. The fourth-order valence-corrected chi connectivity index (χ4v) is 3.20. The summed E-state index contributed by atoms with van der Waals surface area (Å²) in [5.41, 5.74) is 0. The lowest BCUT2D eigenvalue weighted by molar-refractivity contribution is 0.414. The first-order valence-corrected chi connectivity index (χ1v) is 7.43. The molecule has 0 fully saturated rings. The van der Waals surface area contributed by atoms with Crippen molar-refractivity contribution in [2.75, 3.05) is 7.11 Å². The molecule has 88 valence electrons. The number of aromatic nitrogens is 1. The van der Waals surface area contributed by atoms with Gasteiger partial charge < -0.3 is 4.74 Å². The van der Waals surface area contributed by atoms with Crippen LogP contribution in [0.5, 0.6) is 5.75 Å². The van der Waals surface area contributed by atoms with Gasteiger partial charge in [0.05, 0.1) is 7.11 Å². The van der Waals surface area contributed by atoms with E-state index >= 15 is 0 Å². The van der Waals surface area contributed by atoms with Gasteiger partial charge >= 0.3 is 0 Å². The predicted octanol–water partition coefficient (Wildman–Crippen LogP) is 2.25. The van der Waals surface area contributed by atoms with E-state index in [4.69, 9.17) is 15.9 Å². The van der Waals surface area contributed by atoms with Gasteiger partial charge in [0.1, 0.15) is 19.3 Å². The molecule has 0 aliphatic rings. The summed E-state index contributed by atoms with van der Waals surface area (Å²) in [6, 6.07) is 12.1. The molecular formula is C12H11NO2S2. The van der Waals surface area contributed by atoms with Crippen LogP contribution in [0.15, 0.2) is 58.6 Å². The Labute approximate surface area is 105 Å². The van der Waals surface area contributed by atoms with E-state index in [-0.39, 0.29) is 0 Å². The average molecular weight is 265 g/mol. The van der Waals surface area contributed by atoms with Gasteiger partial charge in [-0.25, -0.2) is 9.19 Å². The van der Waals surface area contributed by atoms with E-state index in [0.717, 1.165) is 0 Å². The molecule has 0 N–H and O–H groups in total. The lowest BCUT2D eigenvalue weighted by atomic mass is 10.3. The molecule has 0 radical (unpaired) electrons. The Kier molecular flexibility index (Phi) is 3.40. The van der Waals surface area contributed by atoms with Crippen molar-refractivity contribution in [1.29, 1.82) is 0 Å². The van der Waals surface area contributed by atoms with E-state index in [9.17, 15) is 4.21 Å². The number of pyridine rings is 1. The second-order valence-corrected chi connectivity index (χ2v) is 6.65. The van der Waals surface area contributed by atoms with Gasteiger partial charge in [0.15, 0.2) is 0 Å². The van der Waals surface area contributed by atoms with Crippen molar-refractivity contribution in [3.05, 3.63) is 48.7 Å². The molecule has 0 aliphatic carbocycles. The number of hydrogen-bond acceptors (Lipinski definition) is 4. The number of methoxy groups -OCH3 is 1. The highest BCUT2D eigenvalue weighted by atomic mass is 32.8. The van der Waals surface area contributed by atoms with Gasteiger partial charge in [-0.05, 0) is 47.6 Å². The number of ether oxygens (including phenoxy) is 1. The van der Waals surface area contributed by atoms with Crippen LogP contribution in [0.4, 0.5) is 0 Å². The van der Waals surface area contributed by atoms with Crippen LogP contribution in [0.3, 0.4) is 0 Å². The Morgan fingerprint density at radius 3 is 2.41 bits per heavy atom. The van der Waals surface area contributed by atoms with E-state index in [2.05, 4.69) is 4.98 Å². The van der Waals surface area contributed by atoms with Crippen LogP contribution in [-0.4, -0.2) is 16.3 Å². The first-order valence-electron chi connectivity index (χ1n) is 4.95. The Balaban J connectivity index is 2.45.